The van der Waals surface area contributed by atoms with Crippen molar-refractivity contribution in [1.29, 1.82) is 0 Å². The van der Waals surface area contributed by atoms with E-state index in [-0.39, 0.29) is 16.2 Å². The first-order valence-electron chi connectivity index (χ1n) is 23.2. The normalized spacial score (nSPS) is 16.6. The van der Waals surface area contributed by atoms with Gasteiger partial charge in [-0.2, -0.15) is 0 Å². The maximum atomic E-state index is 2.68. The van der Waals surface area contributed by atoms with E-state index in [1.807, 2.05) is 0 Å². The topological polar surface area (TPSA) is 6.48 Å². The largest absolute Gasteiger partial charge is 0.313 e. The molecule has 1 unspecified atom stereocenters. The lowest BCUT2D eigenvalue weighted by molar-refractivity contribution is 0.475. The molecule has 0 aromatic heterocycles. The maximum absolute atomic E-state index is 2.68. The molecule has 0 fully saturated rings. The molecule has 0 heterocycles. The summed E-state index contributed by atoms with van der Waals surface area (Å²) >= 11 is 0. The maximum Gasteiger partial charge on any atom is 0.0543 e. The number of hydrogen-bond acceptors (Lipinski definition) is 2. The molecule has 0 saturated heterocycles. The van der Waals surface area contributed by atoms with Crippen molar-refractivity contribution in [3.63, 3.8) is 0 Å². The van der Waals surface area contributed by atoms with Gasteiger partial charge in [0.1, 0.15) is 0 Å². The van der Waals surface area contributed by atoms with Crippen LogP contribution in [-0.2, 0) is 17.3 Å². The molecule has 0 spiro atoms. The molecule has 0 amide bonds. The molecule has 7 aromatic rings. The average molecular weight is 817 g/mol. The van der Waals surface area contributed by atoms with Crippen LogP contribution in [0.15, 0.2) is 108 Å². The van der Waals surface area contributed by atoms with Gasteiger partial charge in [0.05, 0.1) is 11.4 Å². The van der Waals surface area contributed by atoms with E-state index in [0.717, 1.165) is 19.3 Å². The summed E-state index contributed by atoms with van der Waals surface area (Å²) in [7, 11) is 0. The van der Waals surface area contributed by atoms with Crippen molar-refractivity contribution in [2.45, 2.75) is 134 Å². The fraction of sp³-hybridized carbons (Fsp3) is 0.367. The van der Waals surface area contributed by atoms with Crippen LogP contribution in [-0.4, -0.2) is 0 Å². The van der Waals surface area contributed by atoms with E-state index in [1.165, 1.54) is 122 Å². The van der Waals surface area contributed by atoms with E-state index >= 15 is 0 Å². The van der Waals surface area contributed by atoms with Gasteiger partial charge in [-0.05, 0) is 180 Å². The van der Waals surface area contributed by atoms with Crippen LogP contribution in [0.2, 0.25) is 0 Å². The summed E-state index contributed by atoms with van der Waals surface area (Å²) in [6.07, 6.45) is 8.22. The zero-order valence-electron chi connectivity index (χ0n) is 40.3. The molecule has 0 N–H and O–H groups in total. The predicted molar refractivity (Wildman–Crippen MR) is 271 cm³/mol. The molecule has 2 aliphatic rings. The predicted octanol–water partition coefficient (Wildman–Crippen LogP) is 17.5. The molecule has 318 valence electrons. The van der Waals surface area contributed by atoms with Gasteiger partial charge in [0.2, 0.25) is 0 Å². The lowest BCUT2D eigenvalue weighted by Gasteiger charge is -2.39. The van der Waals surface area contributed by atoms with E-state index in [9.17, 15) is 0 Å². The molecule has 9 rings (SSSR count). The van der Waals surface area contributed by atoms with Crippen molar-refractivity contribution in [2.24, 2.45) is 11.3 Å². The zero-order chi connectivity index (χ0) is 44.4. The van der Waals surface area contributed by atoms with Gasteiger partial charge >= 0.3 is 0 Å². The van der Waals surface area contributed by atoms with E-state index in [1.54, 1.807) is 0 Å². The van der Waals surface area contributed by atoms with Crippen LogP contribution >= 0.6 is 0 Å². The SMILES string of the molecule is Cc1ccc(N(C2=CC(C(C)(C)C)=CCC2C)c2cc3c4c(cc5c(N(c6ccc(C)cc6C)c6cc(C(C)(C)C)ccc6C)cc(C)c6ccc2c4c65)C(C)(C)CC3)c(C)c1. The molecule has 1 atom stereocenters. The molecular weight excluding hydrogens is 749 g/mol. The summed E-state index contributed by atoms with van der Waals surface area (Å²) in [5.41, 5.74) is 21.2. The molecule has 7 aromatic carbocycles. The van der Waals surface area contributed by atoms with E-state index in [4.69, 9.17) is 0 Å². The van der Waals surface area contributed by atoms with Crippen molar-refractivity contribution in [3.05, 3.63) is 158 Å². The second-order valence-electron chi connectivity index (χ2n) is 22.0. The molecular formula is C60H68N2. The van der Waals surface area contributed by atoms with Crippen molar-refractivity contribution >= 4 is 60.8 Å². The number of aryl methyl sites for hydroxylation is 7. The highest BCUT2D eigenvalue weighted by molar-refractivity contribution is 6.30. The molecule has 0 aliphatic heterocycles. The quantitative estimate of drug-likeness (QED) is 0.154. The molecule has 0 saturated carbocycles. The molecule has 2 aliphatic carbocycles. The van der Waals surface area contributed by atoms with Crippen molar-refractivity contribution in [2.75, 3.05) is 9.80 Å². The van der Waals surface area contributed by atoms with Crippen LogP contribution < -0.4 is 9.80 Å². The Morgan fingerprint density at radius 1 is 0.532 bits per heavy atom. The molecule has 2 heteroatoms. The van der Waals surface area contributed by atoms with Gasteiger partial charge in [0.25, 0.3) is 0 Å². The summed E-state index contributed by atoms with van der Waals surface area (Å²) in [5.74, 6) is 0.360. The number of anilines is 5. The van der Waals surface area contributed by atoms with Crippen molar-refractivity contribution < 1.29 is 0 Å². The summed E-state index contributed by atoms with van der Waals surface area (Å²) in [6, 6.07) is 33.8. The van der Waals surface area contributed by atoms with Gasteiger partial charge in [-0.25, -0.2) is 0 Å². The lowest BCUT2D eigenvalue weighted by atomic mass is 9.70. The number of hydrogen-bond donors (Lipinski definition) is 0. The zero-order valence-corrected chi connectivity index (χ0v) is 40.3. The highest BCUT2D eigenvalue weighted by Gasteiger charge is 2.35. The minimum atomic E-state index is 0.00635. The van der Waals surface area contributed by atoms with Gasteiger partial charge in [-0.15, -0.1) is 0 Å². The summed E-state index contributed by atoms with van der Waals surface area (Å²) < 4.78 is 0. The second kappa shape index (κ2) is 14.6. The Balaban J connectivity index is 1.44. The fourth-order valence-corrected chi connectivity index (χ4v) is 10.8. The Hall–Kier alpha value is -5.34. The van der Waals surface area contributed by atoms with E-state index in [0.29, 0.717) is 5.92 Å². The Kier molecular flexibility index (Phi) is 9.90. The summed E-state index contributed by atoms with van der Waals surface area (Å²) in [5, 5.41) is 8.29. The van der Waals surface area contributed by atoms with Gasteiger partial charge in [-0.1, -0.05) is 128 Å². The number of rotatable bonds is 6. The first-order valence-corrected chi connectivity index (χ1v) is 23.2. The van der Waals surface area contributed by atoms with Gasteiger partial charge in [0.15, 0.2) is 0 Å². The Morgan fingerprint density at radius 3 is 1.79 bits per heavy atom. The molecule has 0 bridgehead atoms. The smallest absolute Gasteiger partial charge is 0.0543 e. The third-order valence-electron chi connectivity index (χ3n) is 14.6. The van der Waals surface area contributed by atoms with Gasteiger partial charge in [0, 0.05) is 44.8 Å². The van der Waals surface area contributed by atoms with Crippen LogP contribution in [0.3, 0.4) is 0 Å². The number of nitrogens with zero attached hydrogens (tertiary/aromatic N) is 2. The van der Waals surface area contributed by atoms with Gasteiger partial charge < -0.3 is 9.80 Å². The summed E-state index contributed by atoms with van der Waals surface area (Å²) in [6.45, 7) is 35.1. The highest BCUT2D eigenvalue weighted by Crippen LogP contribution is 2.55. The molecule has 62 heavy (non-hydrogen) atoms. The van der Waals surface area contributed by atoms with Crippen LogP contribution in [0, 0.1) is 52.9 Å². The Morgan fingerprint density at radius 2 is 1.16 bits per heavy atom. The minimum absolute atomic E-state index is 0.00635. The molecule has 0 radical (unpaired) electrons. The first kappa shape index (κ1) is 42.0. The third-order valence-corrected chi connectivity index (χ3v) is 14.6. The third kappa shape index (κ3) is 6.84. The van der Waals surface area contributed by atoms with Crippen LogP contribution in [0.1, 0.15) is 125 Å². The molecule has 2 nitrogen and oxygen atoms in total. The summed E-state index contributed by atoms with van der Waals surface area (Å²) in [4.78, 5) is 5.29. The number of benzene rings is 7. The first-order chi connectivity index (χ1) is 29.1. The Bertz CT molecular complexity index is 3010. The van der Waals surface area contributed by atoms with Crippen LogP contribution in [0.5, 0.6) is 0 Å². The Labute approximate surface area is 372 Å². The van der Waals surface area contributed by atoms with Crippen molar-refractivity contribution in [1.82, 2.24) is 0 Å². The fourth-order valence-electron chi connectivity index (χ4n) is 10.8. The monoisotopic (exact) mass is 817 g/mol. The van der Waals surface area contributed by atoms with Crippen LogP contribution in [0.25, 0.3) is 32.3 Å². The van der Waals surface area contributed by atoms with E-state index in [2.05, 4.69) is 211 Å². The lowest BCUT2D eigenvalue weighted by Crippen LogP contribution is -2.27. The number of allylic oxidation sites excluding steroid dienone is 4. The van der Waals surface area contributed by atoms with Crippen molar-refractivity contribution in [3.8, 4) is 0 Å². The average Bonchev–Trinajstić information content (AvgIpc) is 3.19. The van der Waals surface area contributed by atoms with Gasteiger partial charge in [-0.3, -0.25) is 0 Å². The highest BCUT2D eigenvalue weighted by atomic mass is 15.2. The van der Waals surface area contributed by atoms with E-state index < -0.39 is 0 Å². The van der Waals surface area contributed by atoms with Crippen LogP contribution in [0.4, 0.5) is 28.4 Å². The second-order valence-corrected chi connectivity index (χ2v) is 22.0. The minimum Gasteiger partial charge on any atom is -0.313 e. The standard InChI is InChI=1S/C60H68N2/c1-35-16-24-49(40(6)28-35)61(51-32-43(58(8,9)10)20-18-37(51)3)53-30-39(5)45-22-23-46-54(31-42-26-27-60(14,15)48-34-47(53)56(45)57(46)55(42)48)62(50-25-17-36(2)29-41(50)7)52-33-44(59(11,12)13)21-19-38(52)4/h16-18,20-25,28-34,38H,19,26-27H2,1-15H3.